The van der Waals surface area contributed by atoms with Crippen LogP contribution in [-0.4, -0.2) is 71.7 Å². The van der Waals surface area contributed by atoms with Gasteiger partial charge in [0.2, 0.25) is 11.8 Å². The Morgan fingerprint density at radius 3 is 2.85 bits per heavy atom. The highest BCUT2D eigenvalue weighted by Gasteiger charge is 2.31. The number of nitrogens with one attached hydrogen (secondary N) is 2. The molecule has 4 aromatic rings. The Morgan fingerprint density at radius 2 is 2.12 bits per heavy atom. The monoisotopic (exact) mass is 563 g/mol. The lowest BCUT2D eigenvalue weighted by atomic mass is 9.96. The van der Waals surface area contributed by atoms with E-state index in [-0.39, 0.29) is 17.8 Å². The van der Waals surface area contributed by atoms with Crippen molar-refractivity contribution in [1.82, 2.24) is 40.2 Å². The van der Waals surface area contributed by atoms with E-state index in [9.17, 15) is 14.3 Å². The summed E-state index contributed by atoms with van der Waals surface area (Å²) in [6.07, 6.45) is 5.32. The molecule has 216 valence electrons. The van der Waals surface area contributed by atoms with Gasteiger partial charge in [0, 0.05) is 44.6 Å². The molecule has 3 N–H and O–H groups in total. The molecule has 0 saturated carbocycles. The van der Waals surface area contributed by atoms with Crippen LogP contribution in [0.4, 0.5) is 16.0 Å². The zero-order valence-corrected chi connectivity index (χ0v) is 23.5. The Labute approximate surface area is 237 Å². The summed E-state index contributed by atoms with van der Waals surface area (Å²) in [5.41, 5.74) is 3.36. The molecule has 1 aliphatic rings. The van der Waals surface area contributed by atoms with E-state index in [4.69, 9.17) is 4.42 Å². The van der Waals surface area contributed by atoms with Gasteiger partial charge in [-0.3, -0.25) is 14.4 Å². The summed E-state index contributed by atoms with van der Waals surface area (Å²) in [7, 11) is 1.83. The van der Waals surface area contributed by atoms with Crippen molar-refractivity contribution in [3.63, 3.8) is 0 Å². The summed E-state index contributed by atoms with van der Waals surface area (Å²) in [4.78, 5) is 24.3. The number of aryl methyl sites for hydroxylation is 1. The third kappa shape index (κ3) is 6.57. The number of halogens is 1. The molecule has 0 bridgehead atoms. The number of amides is 1. The molecule has 0 aliphatic carbocycles. The lowest BCUT2D eigenvalue weighted by Crippen LogP contribution is -2.32. The molecule has 41 heavy (non-hydrogen) atoms. The number of hydrogen-bond donors (Lipinski definition) is 3. The molecule has 3 aromatic heterocycles. The van der Waals surface area contributed by atoms with Crippen LogP contribution in [0.25, 0.3) is 11.3 Å². The molecule has 0 saturated heterocycles. The number of β-amino-alcohol motifs (C(OH)–C–C–N with tert-alkyl or cyclic N) is 1. The largest absolute Gasteiger partial charge is 0.416 e. The van der Waals surface area contributed by atoms with E-state index in [2.05, 4.69) is 46.9 Å². The van der Waals surface area contributed by atoms with Crippen molar-refractivity contribution in [2.24, 2.45) is 7.05 Å². The Bertz CT molecular complexity index is 1520. The molecule has 13 heteroatoms. The fourth-order valence-corrected chi connectivity index (χ4v) is 4.77. The van der Waals surface area contributed by atoms with Crippen molar-refractivity contribution >= 4 is 17.5 Å². The molecule has 0 fully saturated rings. The maximum Gasteiger partial charge on any atom is 0.309 e. The van der Waals surface area contributed by atoms with E-state index >= 15 is 0 Å². The van der Waals surface area contributed by atoms with Crippen LogP contribution in [0.1, 0.15) is 60.9 Å². The van der Waals surface area contributed by atoms with Crippen molar-refractivity contribution in [2.45, 2.75) is 51.3 Å². The first-order valence-corrected chi connectivity index (χ1v) is 13.4. The van der Waals surface area contributed by atoms with Gasteiger partial charge in [-0.25, -0.2) is 14.4 Å². The number of rotatable bonds is 9. The molecular formula is C28H34FN9O3. The second kappa shape index (κ2) is 11.7. The summed E-state index contributed by atoms with van der Waals surface area (Å²) < 4.78 is 20.6. The Hall–Kier alpha value is -4.23. The maximum absolute atomic E-state index is 13.4. The van der Waals surface area contributed by atoms with Gasteiger partial charge in [0.15, 0.2) is 0 Å². The van der Waals surface area contributed by atoms with E-state index in [1.54, 1.807) is 37.8 Å². The molecule has 0 spiro atoms. The van der Waals surface area contributed by atoms with Crippen LogP contribution in [0.2, 0.25) is 0 Å². The minimum absolute atomic E-state index is 0.0707. The standard InChI is InChI=1S/C28H34FN9O3/c1-17(39)13-38-10-8-23(33-24(40)25-35-36-26(41-25)28(2,3)16-29)21-6-5-18(11-19(21)14-38)22-7-9-30-27(34-22)32-20-12-31-37(4)15-20/h5-7,9,11-12,15,17,23,39H,8,10,13-14,16H2,1-4H3,(H,33,40)(H,30,32,34)/t17?,23-/m1/s1. The highest BCUT2D eigenvalue weighted by Crippen LogP contribution is 2.31. The SMILES string of the molecule is CC(O)CN1CC[C@@H](NC(=O)c2nnc(C(C)(C)CF)o2)c2ccc(-c3ccnc(Nc4cnn(C)c4)n3)cc2C1. The number of hydrogen-bond acceptors (Lipinski definition) is 10. The van der Waals surface area contributed by atoms with E-state index in [1.165, 1.54) is 0 Å². The van der Waals surface area contributed by atoms with Crippen molar-refractivity contribution < 1.29 is 18.7 Å². The van der Waals surface area contributed by atoms with Crippen molar-refractivity contribution in [2.75, 3.05) is 25.1 Å². The highest BCUT2D eigenvalue weighted by molar-refractivity contribution is 5.89. The molecule has 12 nitrogen and oxygen atoms in total. The average molecular weight is 564 g/mol. The minimum Gasteiger partial charge on any atom is -0.416 e. The molecule has 5 rings (SSSR count). The summed E-state index contributed by atoms with van der Waals surface area (Å²) in [6, 6.07) is 7.50. The first-order valence-electron chi connectivity index (χ1n) is 13.4. The number of aliphatic hydroxyl groups is 1. The van der Waals surface area contributed by atoms with Gasteiger partial charge >= 0.3 is 11.8 Å². The van der Waals surface area contributed by atoms with Crippen molar-refractivity contribution in [1.29, 1.82) is 0 Å². The number of carbonyl (C=O) groups is 1. The predicted octanol–water partition coefficient (Wildman–Crippen LogP) is 3.31. The van der Waals surface area contributed by atoms with E-state index in [0.717, 1.165) is 28.1 Å². The Kier molecular flexibility index (Phi) is 8.08. The molecule has 1 aromatic carbocycles. The first-order chi connectivity index (χ1) is 19.6. The molecule has 1 amide bonds. The Balaban J connectivity index is 1.41. The molecule has 1 unspecified atom stereocenters. The van der Waals surface area contributed by atoms with Gasteiger partial charge in [0.25, 0.3) is 0 Å². The van der Waals surface area contributed by atoms with Crippen molar-refractivity contribution in [3.8, 4) is 11.3 Å². The van der Waals surface area contributed by atoms with Crippen LogP contribution in [0, 0.1) is 0 Å². The van der Waals surface area contributed by atoms with Crippen LogP contribution in [-0.2, 0) is 19.0 Å². The molecule has 2 atom stereocenters. The maximum atomic E-state index is 13.4. The predicted molar refractivity (Wildman–Crippen MR) is 149 cm³/mol. The second-order valence-corrected chi connectivity index (χ2v) is 11.0. The quantitative estimate of drug-likeness (QED) is 0.277. The average Bonchev–Trinajstić information content (AvgIpc) is 3.57. The van der Waals surface area contributed by atoms with Gasteiger partial charge < -0.3 is 20.2 Å². The number of anilines is 2. The molecular weight excluding hydrogens is 529 g/mol. The first kappa shape index (κ1) is 28.3. The number of nitrogens with zero attached hydrogens (tertiary/aromatic N) is 7. The van der Waals surface area contributed by atoms with E-state index < -0.39 is 24.1 Å². The number of fused-ring (bicyclic) bond motifs is 1. The third-order valence-electron chi connectivity index (χ3n) is 6.92. The summed E-state index contributed by atoms with van der Waals surface area (Å²) in [5.74, 6) is -0.216. The Morgan fingerprint density at radius 1 is 1.29 bits per heavy atom. The minimum atomic E-state index is -0.979. The second-order valence-electron chi connectivity index (χ2n) is 11.0. The fourth-order valence-electron chi connectivity index (χ4n) is 4.77. The summed E-state index contributed by atoms with van der Waals surface area (Å²) in [5, 5.41) is 28.2. The number of aliphatic hydroxyl groups excluding tert-OH is 1. The van der Waals surface area contributed by atoms with Gasteiger partial charge in [-0.1, -0.05) is 12.1 Å². The summed E-state index contributed by atoms with van der Waals surface area (Å²) in [6.45, 7) is 6.05. The number of carbonyl (C=O) groups excluding carboxylic acids is 1. The zero-order chi connectivity index (χ0) is 29.1. The van der Waals surface area contributed by atoms with Crippen molar-refractivity contribution in [3.05, 3.63) is 65.8 Å². The third-order valence-corrected chi connectivity index (χ3v) is 6.92. The van der Waals surface area contributed by atoms with Crippen LogP contribution < -0.4 is 10.6 Å². The summed E-state index contributed by atoms with van der Waals surface area (Å²) >= 11 is 0. The normalized spacial score (nSPS) is 16.6. The molecule has 4 heterocycles. The van der Waals surface area contributed by atoms with Gasteiger partial charge in [0.1, 0.15) is 6.67 Å². The van der Waals surface area contributed by atoms with Crippen LogP contribution >= 0.6 is 0 Å². The molecule has 1 aliphatic heterocycles. The van der Waals surface area contributed by atoms with Crippen LogP contribution in [0.15, 0.2) is 47.3 Å². The number of alkyl halides is 1. The number of aromatic nitrogens is 6. The van der Waals surface area contributed by atoms with Gasteiger partial charge in [-0.05, 0) is 50.5 Å². The van der Waals surface area contributed by atoms with Crippen LogP contribution in [0.5, 0.6) is 0 Å². The molecule has 0 radical (unpaired) electrons. The fraction of sp³-hybridized carbons (Fsp3) is 0.429. The van der Waals surface area contributed by atoms with Gasteiger partial charge in [0.05, 0.1) is 35.1 Å². The highest BCUT2D eigenvalue weighted by atomic mass is 19.1. The lowest BCUT2D eigenvalue weighted by molar-refractivity contribution is 0.0887. The lowest BCUT2D eigenvalue weighted by Gasteiger charge is -2.22. The topological polar surface area (TPSA) is 147 Å². The smallest absolute Gasteiger partial charge is 0.309 e. The zero-order valence-electron chi connectivity index (χ0n) is 23.5. The van der Waals surface area contributed by atoms with Crippen LogP contribution in [0.3, 0.4) is 0 Å². The van der Waals surface area contributed by atoms with E-state index in [0.29, 0.717) is 32.0 Å². The van der Waals surface area contributed by atoms with E-state index in [1.807, 2.05) is 31.4 Å². The van der Waals surface area contributed by atoms with Gasteiger partial charge in [-0.15, -0.1) is 10.2 Å². The number of benzene rings is 1. The van der Waals surface area contributed by atoms with Gasteiger partial charge in [-0.2, -0.15) is 5.10 Å².